The third-order valence-corrected chi connectivity index (χ3v) is 5.50. The average Bonchev–Trinajstić information content (AvgIpc) is 2.78. The zero-order chi connectivity index (χ0) is 21.8. The first-order valence-corrected chi connectivity index (χ1v) is 10.4. The minimum Gasteiger partial charge on any atom is -0.354 e. The summed E-state index contributed by atoms with van der Waals surface area (Å²) in [5, 5.41) is 7.47. The highest BCUT2D eigenvalue weighted by molar-refractivity contribution is 5.79. The van der Waals surface area contributed by atoms with Crippen LogP contribution in [-0.2, 0) is 11.3 Å². The van der Waals surface area contributed by atoms with Gasteiger partial charge in [-0.25, -0.2) is 4.39 Å². The van der Waals surface area contributed by atoms with Crippen molar-refractivity contribution in [2.75, 3.05) is 18.0 Å². The van der Waals surface area contributed by atoms with Gasteiger partial charge < -0.3 is 10.2 Å². The lowest BCUT2D eigenvalue weighted by Crippen LogP contribution is -2.43. The number of anilines is 1. The molecule has 1 atom stereocenters. The van der Waals surface area contributed by atoms with E-state index in [9.17, 15) is 14.0 Å². The molecule has 1 amide bonds. The minimum absolute atomic E-state index is 0.0182. The number of aromatic nitrogens is 2. The fourth-order valence-electron chi connectivity index (χ4n) is 3.92. The van der Waals surface area contributed by atoms with Gasteiger partial charge in [-0.3, -0.25) is 9.59 Å². The number of hydrogen-bond acceptors (Lipinski definition) is 4. The second-order valence-corrected chi connectivity index (χ2v) is 7.91. The van der Waals surface area contributed by atoms with Gasteiger partial charge in [-0.1, -0.05) is 35.9 Å². The normalized spacial score (nSPS) is 16.2. The van der Waals surface area contributed by atoms with Gasteiger partial charge in [-0.05, 0) is 49.6 Å². The van der Waals surface area contributed by atoms with Crippen LogP contribution in [0.2, 0.25) is 0 Å². The number of benzene rings is 2. The van der Waals surface area contributed by atoms with Crippen molar-refractivity contribution >= 4 is 11.7 Å². The maximum absolute atomic E-state index is 13.6. The van der Waals surface area contributed by atoms with Crippen molar-refractivity contribution in [3.8, 4) is 5.69 Å². The van der Waals surface area contributed by atoms with Gasteiger partial charge in [-0.2, -0.15) is 4.68 Å². The first-order valence-electron chi connectivity index (χ1n) is 10.4. The Morgan fingerprint density at radius 3 is 2.81 bits per heavy atom. The van der Waals surface area contributed by atoms with Crippen LogP contribution in [0.4, 0.5) is 10.2 Å². The second kappa shape index (κ2) is 9.12. The van der Waals surface area contributed by atoms with Crippen molar-refractivity contribution in [3.63, 3.8) is 0 Å². The third-order valence-electron chi connectivity index (χ3n) is 5.50. The molecular formula is C24H25FN4O2. The van der Waals surface area contributed by atoms with Crippen LogP contribution in [-0.4, -0.2) is 28.8 Å². The molecule has 4 rings (SSSR count). The van der Waals surface area contributed by atoms with Crippen molar-refractivity contribution in [1.82, 2.24) is 15.1 Å². The maximum atomic E-state index is 13.6. The summed E-state index contributed by atoms with van der Waals surface area (Å²) in [4.78, 5) is 27.0. The smallest absolute Gasteiger partial charge is 0.271 e. The minimum atomic E-state index is -0.431. The Labute approximate surface area is 180 Å². The Morgan fingerprint density at radius 1 is 1.16 bits per heavy atom. The van der Waals surface area contributed by atoms with Gasteiger partial charge in [-0.15, -0.1) is 5.10 Å². The molecule has 1 N–H and O–H groups in total. The second-order valence-electron chi connectivity index (χ2n) is 7.91. The highest BCUT2D eigenvalue weighted by Gasteiger charge is 2.26. The van der Waals surface area contributed by atoms with E-state index in [0.29, 0.717) is 24.6 Å². The molecule has 160 valence electrons. The largest absolute Gasteiger partial charge is 0.354 e. The van der Waals surface area contributed by atoms with Gasteiger partial charge in [0.15, 0.2) is 0 Å². The number of hydrogen-bond donors (Lipinski definition) is 1. The molecule has 1 saturated heterocycles. The van der Waals surface area contributed by atoms with Crippen molar-refractivity contribution < 1.29 is 9.18 Å². The van der Waals surface area contributed by atoms with Gasteiger partial charge in [0.25, 0.3) is 5.56 Å². The molecule has 2 aromatic carbocycles. The standard InChI is InChI=1S/C24H25FN4O2/c1-17-5-2-6-18(13-17)15-26-24(31)19-7-4-12-28(16-19)22-10-11-23(30)29(27-22)21-9-3-8-20(25)14-21/h2-3,5-6,8-11,13-14,19H,4,7,12,15-16H2,1H3,(H,26,31)/t19-/m1/s1. The van der Waals surface area contributed by atoms with Crippen molar-refractivity contribution in [2.24, 2.45) is 5.92 Å². The average molecular weight is 420 g/mol. The summed E-state index contributed by atoms with van der Waals surface area (Å²) in [5.41, 5.74) is 2.27. The number of aryl methyl sites for hydroxylation is 1. The summed E-state index contributed by atoms with van der Waals surface area (Å²) >= 11 is 0. The SMILES string of the molecule is Cc1cccc(CNC(=O)[C@@H]2CCCN(c3ccc(=O)n(-c4cccc(F)c4)n3)C2)c1. The van der Waals surface area contributed by atoms with Crippen LogP contribution in [0.1, 0.15) is 24.0 Å². The quantitative estimate of drug-likeness (QED) is 0.688. The summed E-state index contributed by atoms with van der Waals surface area (Å²) in [7, 11) is 0. The molecule has 0 bridgehead atoms. The number of halogens is 1. The number of amides is 1. The molecule has 6 nitrogen and oxygen atoms in total. The highest BCUT2D eigenvalue weighted by Crippen LogP contribution is 2.22. The molecule has 0 aliphatic carbocycles. The van der Waals surface area contributed by atoms with E-state index in [1.165, 1.54) is 22.9 Å². The molecule has 0 unspecified atom stereocenters. The van der Waals surface area contributed by atoms with Crippen LogP contribution in [0.25, 0.3) is 5.69 Å². The van der Waals surface area contributed by atoms with E-state index in [2.05, 4.69) is 16.5 Å². The molecule has 1 fully saturated rings. The van der Waals surface area contributed by atoms with Gasteiger partial charge in [0.1, 0.15) is 11.6 Å². The summed E-state index contributed by atoms with van der Waals surface area (Å²) < 4.78 is 14.8. The topological polar surface area (TPSA) is 67.2 Å². The molecule has 3 aromatic rings. The van der Waals surface area contributed by atoms with Gasteiger partial charge in [0.2, 0.25) is 5.91 Å². The Morgan fingerprint density at radius 2 is 2.00 bits per heavy atom. The van der Waals surface area contributed by atoms with E-state index in [4.69, 9.17) is 0 Å². The number of nitrogens with one attached hydrogen (secondary N) is 1. The van der Waals surface area contributed by atoms with E-state index in [1.807, 2.05) is 30.0 Å². The number of carbonyl (C=O) groups excluding carboxylic acids is 1. The van der Waals surface area contributed by atoms with E-state index in [0.717, 1.165) is 30.5 Å². The fourth-order valence-corrected chi connectivity index (χ4v) is 3.92. The Hall–Kier alpha value is -3.48. The maximum Gasteiger partial charge on any atom is 0.271 e. The van der Waals surface area contributed by atoms with Crippen molar-refractivity contribution in [3.05, 3.63) is 88.0 Å². The summed E-state index contributed by atoms with van der Waals surface area (Å²) in [5.74, 6) is 0.0273. The lowest BCUT2D eigenvalue weighted by molar-refractivity contribution is -0.125. The molecular weight excluding hydrogens is 395 g/mol. The molecule has 2 heterocycles. The Balaban J connectivity index is 1.46. The molecule has 1 aliphatic rings. The van der Waals surface area contributed by atoms with Crippen molar-refractivity contribution in [2.45, 2.75) is 26.3 Å². The van der Waals surface area contributed by atoms with E-state index in [1.54, 1.807) is 18.2 Å². The van der Waals surface area contributed by atoms with E-state index in [-0.39, 0.29) is 17.4 Å². The van der Waals surface area contributed by atoms with Crippen LogP contribution in [0.15, 0.2) is 65.5 Å². The number of rotatable bonds is 5. The zero-order valence-electron chi connectivity index (χ0n) is 17.4. The fraction of sp³-hybridized carbons (Fsp3) is 0.292. The third kappa shape index (κ3) is 4.99. The highest BCUT2D eigenvalue weighted by atomic mass is 19.1. The predicted octanol–water partition coefficient (Wildman–Crippen LogP) is 3.21. The number of piperidine rings is 1. The predicted molar refractivity (Wildman–Crippen MR) is 118 cm³/mol. The molecule has 0 radical (unpaired) electrons. The van der Waals surface area contributed by atoms with Gasteiger partial charge in [0, 0.05) is 25.7 Å². The van der Waals surface area contributed by atoms with Gasteiger partial charge >= 0.3 is 0 Å². The molecule has 0 spiro atoms. The van der Waals surface area contributed by atoms with Crippen LogP contribution in [0.3, 0.4) is 0 Å². The first kappa shape index (κ1) is 20.8. The van der Waals surface area contributed by atoms with Crippen LogP contribution in [0, 0.1) is 18.7 Å². The van der Waals surface area contributed by atoms with Crippen LogP contribution >= 0.6 is 0 Å². The summed E-state index contributed by atoms with van der Waals surface area (Å²) in [6, 6.07) is 16.9. The Kier molecular flexibility index (Phi) is 6.11. The molecule has 7 heteroatoms. The molecule has 31 heavy (non-hydrogen) atoms. The summed E-state index contributed by atoms with van der Waals surface area (Å²) in [6.45, 7) is 3.80. The molecule has 1 aromatic heterocycles. The molecule has 0 saturated carbocycles. The van der Waals surface area contributed by atoms with Gasteiger partial charge in [0.05, 0.1) is 11.6 Å². The summed E-state index contributed by atoms with van der Waals surface area (Å²) in [6.07, 6.45) is 1.66. The van der Waals surface area contributed by atoms with E-state index >= 15 is 0 Å². The molecule has 1 aliphatic heterocycles. The van der Waals surface area contributed by atoms with Crippen LogP contribution < -0.4 is 15.8 Å². The van der Waals surface area contributed by atoms with E-state index < -0.39 is 5.82 Å². The number of carbonyl (C=O) groups is 1. The zero-order valence-corrected chi connectivity index (χ0v) is 17.4. The van der Waals surface area contributed by atoms with Crippen molar-refractivity contribution in [1.29, 1.82) is 0 Å². The first-order chi connectivity index (χ1) is 15.0. The van der Waals surface area contributed by atoms with Crippen LogP contribution in [0.5, 0.6) is 0 Å². The lowest BCUT2D eigenvalue weighted by Gasteiger charge is -2.33. The Bertz CT molecular complexity index is 1140. The number of nitrogens with zero attached hydrogens (tertiary/aromatic N) is 3. The lowest BCUT2D eigenvalue weighted by atomic mass is 9.97. The monoisotopic (exact) mass is 420 g/mol.